The number of aromatic hydroxyl groups is 1. The summed E-state index contributed by atoms with van der Waals surface area (Å²) in [7, 11) is 1.47. The Hall–Kier alpha value is -2.50. The van der Waals surface area contributed by atoms with Gasteiger partial charge in [-0.2, -0.15) is 0 Å². The SMILES string of the molecule is COc1ccc(/C=C/C(=O)N2CCC(C(=O)O)CC2)cc1O. The van der Waals surface area contributed by atoms with Gasteiger partial charge in [-0.15, -0.1) is 0 Å². The van der Waals surface area contributed by atoms with Crippen LogP contribution in [0.15, 0.2) is 24.3 Å². The van der Waals surface area contributed by atoms with Crippen molar-refractivity contribution in [2.24, 2.45) is 5.92 Å². The number of hydrogen-bond donors (Lipinski definition) is 2. The van der Waals surface area contributed by atoms with E-state index in [0.29, 0.717) is 37.2 Å². The van der Waals surface area contributed by atoms with E-state index in [1.165, 1.54) is 19.3 Å². The van der Waals surface area contributed by atoms with Crippen LogP contribution in [0.2, 0.25) is 0 Å². The van der Waals surface area contributed by atoms with Crippen LogP contribution < -0.4 is 4.74 Å². The van der Waals surface area contributed by atoms with Crippen molar-refractivity contribution in [2.75, 3.05) is 20.2 Å². The van der Waals surface area contributed by atoms with Gasteiger partial charge in [-0.05, 0) is 36.6 Å². The summed E-state index contributed by atoms with van der Waals surface area (Å²) in [5.74, 6) is -0.916. The topological polar surface area (TPSA) is 87.1 Å². The van der Waals surface area contributed by atoms with Gasteiger partial charge in [0.2, 0.25) is 5.91 Å². The molecule has 1 aromatic carbocycles. The standard InChI is InChI=1S/C16H19NO5/c1-22-14-4-2-11(10-13(14)18)3-5-15(19)17-8-6-12(7-9-17)16(20)21/h2-5,10,12,18H,6-9H2,1H3,(H,20,21)/b5-3+. The molecule has 0 aliphatic carbocycles. The Bertz CT molecular complexity index is 588. The van der Waals surface area contributed by atoms with Crippen molar-refractivity contribution >= 4 is 18.0 Å². The lowest BCUT2D eigenvalue weighted by molar-refractivity contribution is -0.144. The maximum Gasteiger partial charge on any atom is 0.306 e. The van der Waals surface area contributed by atoms with Crippen molar-refractivity contribution in [1.29, 1.82) is 0 Å². The number of carboxylic acids is 1. The van der Waals surface area contributed by atoms with Gasteiger partial charge in [-0.1, -0.05) is 6.07 Å². The summed E-state index contributed by atoms with van der Waals surface area (Å²) in [6.07, 6.45) is 4.02. The van der Waals surface area contributed by atoms with Crippen LogP contribution in [0, 0.1) is 5.92 Å². The average Bonchev–Trinajstić information content (AvgIpc) is 2.52. The minimum Gasteiger partial charge on any atom is -0.504 e. The summed E-state index contributed by atoms with van der Waals surface area (Å²) in [6, 6.07) is 4.87. The van der Waals surface area contributed by atoms with E-state index in [1.807, 2.05) is 0 Å². The van der Waals surface area contributed by atoms with Crippen LogP contribution in [0.1, 0.15) is 18.4 Å². The van der Waals surface area contributed by atoms with Crippen LogP contribution in [-0.4, -0.2) is 47.2 Å². The third-order valence-corrected chi connectivity index (χ3v) is 3.78. The van der Waals surface area contributed by atoms with Crippen LogP contribution in [0.4, 0.5) is 0 Å². The second kappa shape index (κ2) is 6.98. The Morgan fingerprint density at radius 3 is 2.55 bits per heavy atom. The number of phenolic OH excluding ortho intramolecular Hbond substituents is 1. The first-order chi connectivity index (χ1) is 10.5. The van der Waals surface area contributed by atoms with Gasteiger partial charge in [0.05, 0.1) is 13.0 Å². The van der Waals surface area contributed by atoms with Crippen molar-refractivity contribution in [2.45, 2.75) is 12.8 Å². The summed E-state index contributed by atoms with van der Waals surface area (Å²) in [5, 5.41) is 18.6. The molecule has 1 heterocycles. The zero-order valence-electron chi connectivity index (χ0n) is 12.4. The van der Waals surface area contributed by atoms with Crippen molar-refractivity contribution in [1.82, 2.24) is 4.90 Å². The molecular formula is C16H19NO5. The number of carboxylic acid groups (broad SMARTS) is 1. The molecule has 0 radical (unpaired) electrons. The second-order valence-electron chi connectivity index (χ2n) is 5.20. The van der Waals surface area contributed by atoms with Gasteiger partial charge in [-0.25, -0.2) is 0 Å². The zero-order valence-corrected chi connectivity index (χ0v) is 12.4. The summed E-state index contributed by atoms with van der Waals surface area (Å²) in [5.41, 5.74) is 0.687. The quantitative estimate of drug-likeness (QED) is 0.827. The highest BCUT2D eigenvalue weighted by Gasteiger charge is 2.25. The first-order valence-corrected chi connectivity index (χ1v) is 7.08. The fraction of sp³-hybridized carbons (Fsp3) is 0.375. The lowest BCUT2D eigenvalue weighted by atomic mass is 9.97. The molecule has 2 rings (SSSR count). The first kappa shape index (κ1) is 15.9. The Morgan fingerprint density at radius 1 is 1.32 bits per heavy atom. The number of phenols is 1. The molecule has 0 spiro atoms. The second-order valence-corrected chi connectivity index (χ2v) is 5.20. The number of benzene rings is 1. The van der Waals surface area contributed by atoms with Gasteiger partial charge in [0.1, 0.15) is 0 Å². The van der Waals surface area contributed by atoms with Gasteiger partial charge in [0.15, 0.2) is 11.5 Å². The van der Waals surface area contributed by atoms with E-state index in [1.54, 1.807) is 23.1 Å². The molecule has 0 atom stereocenters. The minimum absolute atomic E-state index is 0.0133. The van der Waals surface area contributed by atoms with Gasteiger partial charge < -0.3 is 19.8 Å². The van der Waals surface area contributed by atoms with Crippen LogP contribution in [0.25, 0.3) is 6.08 Å². The molecule has 6 nitrogen and oxygen atoms in total. The number of likely N-dealkylation sites (tertiary alicyclic amines) is 1. The van der Waals surface area contributed by atoms with Gasteiger partial charge in [0, 0.05) is 19.2 Å². The third kappa shape index (κ3) is 3.78. The van der Waals surface area contributed by atoms with E-state index < -0.39 is 5.97 Å². The molecule has 0 saturated carbocycles. The summed E-state index contributed by atoms with van der Waals surface area (Å²) >= 11 is 0. The highest BCUT2D eigenvalue weighted by atomic mass is 16.5. The predicted octanol–water partition coefficient (Wildman–Crippen LogP) is 1.74. The Morgan fingerprint density at radius 2 is 2.00 bits per heavy atom. The lowest BCUT2D eigenvalue weighted by Crippen LogP contribution is -2.39. The molecule has 1 amide bonds. The van der Waals surface area contributed by atoms with E-state index >= 15 is 0 Å². The van der Waals surface area contributed by atoms with Crippen molar-refractivity contribution in [3.05, 3.63) is 29.8 Å². The van der Waals surface area contributed by atoms with Gasteiger partial charge in [0.25, 0.3) is 0 Å². The number of aliphatic carboxylic acids is 1. The minimum atomic E-state index is -0.795. The number of piperidine rings is 1. The molecule has 2 N–H and O–H groups in total. The average molecular weight is 305 g/mol. The number of rotatable bonds is 4. The molecule has 1 aromatic rings. The molecule has 0 unspecified atom stereocenters. The van der Waals surface area contributed by atoms with Crippen LogP contribution in [0.5, 0.6) is 11.5 Å². The largest absolute Gasteiger partial charge is 0.504 e. The lowest BCUT2D eigenvalue weighted by Gasteiger charge is -2.29. The highest BCUT2D eigenvalue weighted by molar-refractivity contribution is 5.92. The monoisotopic (exact) mass is 305 g/mol. The molecule has 1 fully saturated rings. The number of hydrogen-bond acceptors (Lipinski definition) is 4. The normalized spacial score (nSPS) is 16.0. The Balaban J connectivity index is 1.94. The van der Waals surface area contributed by atoms with Gasteiger partial charge in [-0.3, -0.25) is 9.59 Å². The van der Waals surface area contributed by atoms with Crippen molar-refractivity contribution in [3.63, 3.8) is 0 Å². The summed E-state index contributed by atoms with van der Waals surface area (Å²) in [4.78, 5) is 24.6. The van der Waals surface area contributed by atoms with Gasteiger partial charge >= 0.3 is 5.97 Å². The van der Waals surface area contributed by atoms with E-state index in [9.17, 15) is 14.7 Å². The predicted molar refractivity (Wildman–Crippen MR) is 80.6 cm³/mol. The zero-order chi connectivity index (χ0) is 16.1. The van der Waals surface area contributed by atoms with Crippen LogP contribution in [0.3, 0.4) is 0 Å². The number of nitrogens with zero attached hydrogens (tertiary/aromatic N) is 1. The number of carbonyl (C=O) groups is 2. The van der Waals surface area contributed by atoms with Crippen LogP contribution >= 0.6 is 0 Å². The molecule has 22 heavy (non-hydrogen) atoms. The van der Waals surface area contributed by atoms with E-state index in [-0.39, 0.29) is 17.6 Å². The first-order valence-electron chi connectivity index (χ1n) is 7.08. The smallest absolute Gasteiger partial charge is 0.306 e. The van der Waals surface area contributed by atoms with E-state index in [4.69, 9.17) is 9.84 Å². The maximum absolute atomic E-state index is 12.1. The fourth-order valence-electron chi connectivity index (χ4n) is 2.43. The van der Waals surface area contributed by atoms with E-state index in [0.717, 1.165) is 0 Å². The van der Waals surface area contributed by atoms with Crippen molar-refractivity contribution in [3.8, 4) is 11.5 Å². The Kier molecular flexibility index (Phi) is 5.04. The molecule has 118 valence electrons. The number of ether oxygens (including phenoxy) is 1. The molecule has 1 aliphatic rings. The number of carbonyl (C=O) groups excluding carboxylic acids is 1. The Labute approximate surface area is 128 Å². The third-order valence-electron chi connectivity index (χ3n) is 3.78. The summed E-state index contributed by atoms with van der Waals surface area (Å²) in [6.45, 7) is 0.905. The molecular weight excluding hydrogens is 286 g/mol. The molecule has 6 heteroatoms. The van der Waals surface area contributed by atoms with Crippen LogP contribution in [-0.2, 0) is 9.59 Å². The highest BCUT2D eigenvalue weighted by Crippen LogP contribution is 2.26. The molecule has 1 aliphatic heterocycles. The molecule has 0 aromatic heterocycles. The molecule has 0 bridgehead atoms. The number of amides is 1. The van der Waals surface area contributed by atoms with E-state index in [2.05, 4.69) is 0 Å². The fourth-order valence-corrected chi connectivity index (χ4v) is 2.43. The maximum atomic E-state index is 12.1. The molecule has 1 saturated heterocycles. The number of methoxy groups -OCH3 is 1. The summed E-state index contributed by atoms with van der Waals surface area (Å²) < 4.78 is 4.95. The van der Waals surface area contributed by atoms with Crippen molar-refractivity contribution < 1.29 is 24.5 Å².